The quantitative estimate of drug-likeness (QED) is 0.472. The molecule has 0 spiro atoms. The lowest BCUT2D eigenvalue weighted by Crippen LogP contribution is -1.84. The third-order valence-electron chi connectivity index (χ3n) is 1.41. The molecule has 0 saturated heterocycles. The summed E-state index contributed by atoms with van der Waals surface area (Å²) in [5, 5.41) is 0.570. The van der Waals surface area contributed by atoms with Crippen molar-refractivity contribution < 1.29 is 4.39 Å². The van der Waals surface area contributed by atoms with Gasteiger partial charge >= 0.3 is 0 Å². The van der Waals surface area contributed by atoms with Crippen LogP contribution in [0.3, 0.4) is 0 Å². The van der Waals surface area contributed by atoms with Gasteiger partial charge < -0.3 is 0 Å². The zero-order valence-electron chi connectivity index (χ0n) is 6.70. The van der Waals surface area contributed by atoms with E-state index in [9.17, 15) is 4.39 Å². The van der Waals surface area contributed by atoms with Gasteiger partial charge in [-0.25, -0.2) is 4.39 Å². The molecule has 0 nitrogen and oxygen atoms in total. The molecule has 0 N–H and O–H groups in total. The van der Waals surface area contributed by atoms with Gasteiger partial charge in [-0.05, 0) is 24.6 Å². The van der Waals surface area contributed by atoms with Crippen LogP contribution in [0, 0.1) is 24.6 Å². The molecule has 0 aliphatic carbocycles. The molecule has 0 aliphatic rings. The Balaban J connectivity index is 3.05. The van der Waals surface area contributed by atoms with Crippen molar-refractivity contribution in [2.24, 2.45) is 0 Å². The van der Waals surface area contributed by atoms with Crippen LogP contribution >= 0.6 is 15.9 Å². The van der Waals surface area contributed by atoms with Crippen LogP contribution in [0.25, 0.3) is 0 Å². The largest absolute Gasteiger partial charge is 0.206 e. The summed E-state index contributed by atoms with van der Waals surface area (Å²) in [4.78, 5) is 0. The number of benzene rings is 1. The molecule has 0 aliphatic heterocycles. The van der Waals surface area contributed by atoms with E-state index in [-0.39, 0.29) is 5.82 Å². The number of alkyl halides is 1. The molecule has 0 atom stereocenters. The van der Waals surface area contributed by atoms with Crippen LogP contribution in [0.1, 0.15) is 11.1 Å². The second kappa shape index (κ2) is 4.27. The predicted octanol–water partition coefficient (Wildman–Crippen LogP) is 2.88. The first kappa shape index (κ1) is 9.28. The minimum Gasteiger partial charge on any atom is -0.206 e. The minimum absolute atomic E-state index is 0.256. The summed E-state index contributed by atoms with van der Waals surface area (Å²) < 4.78 is 13.0. The predicted molar refractivity (Wildman–Crippen MR) is 51.8 cm³/mol. The first-order valence-corrected chi connectivity index (χ1v) is 4.67. The molecule has 2 heteroatoms. The molecule has 1 aromatic carbocycles. The molecule has 0 saturated carbocycles. The molecular formula is C10H8BrF. The zero-order chi connectivity index (χ0) is 8.97. The number of rotatable bonds is 0. The standard InChI is InChI=1S/C10H8BrF/c1-8-4-5-10(12)9(7-8)3-2-6-11/h4-5,7H,6H2,1H3. The van der Waals surface area contributed by atoms with E-state index >= 15 is 0 Å². The van der Waals surface area contributed by atoms with Crippen LogP contribution < -0.4 is 0 Å². The number of aryl methyl sites for hydroxylation is 1. The molecule has 0 radical (unpaired) electrons. The van der Waals surface area contributed by atoms with Crippen LogP contribution in [0.4, 0.5) is 4.39 Å². The summed E-state index contributed by atoms with van der Waals surface area (Å²) in [5.74, 6) is 5.24. The third kappa shape index (κ3) is 2.35. The van der Waals surface area contributed by atoms with Crippen molar-refractivity contribution in [1.82, 2.24) is 0 Å². The number of hydrogen-bond acceptors (Lipinski definition) is 0. The van der Waals surface area contributed by atoms with Gasteiger partial charge in [-0.1, -0.05) is 33.8 Å². The van der Waals surface area contributed by atoms with E-state index in [0.29, 0.717) is 10.9 Å². The molecule has 12 heavy (non-hydrogen) atoms. The normalized spacial score (nSPS) is 8.92. The van der Waals surface area contributed by atoms with E-state index in [1.165, 1.54) is 6.07 Å². The minimum atomic E-state index is -0.256. The lowest BCUT2D eigenvalue weighted by Gasteiger charge is -1.95. The molecule has 0 amide bonds. The average molecular weight is 227 g/mol. The summed E-state index contributed by atoms with van der Waals surface area (Å²) in [6, 6.07) is 4.91. The third-order valence-corrected chi connectivity index (χ3v) is 1.69. The Morgan fingerprint density at radius 3 is 2.92 bits per heavy atom. The van der Waals surface area contributed by atoms with Crippen LogP contribution in [-0.4, -0.2) is 5.33 Å². The van der Waals surface area contributed by atoms with Gasteiger partial charge in [0, 0.05) is 0 Å². The average Bonchev–Trinajstić information content (AvgIpc) is 2.07. The van der Waals surface area contributed by atoms with Gasteiger partial charge in [0.2, 0.25) is 0 Å². The SMILES string of the molecule is Cc1ccc(F)c(C#CCBr)c1. The highest BCUT2D eigenvalue weighted by Crippen LogP contribution is 2.08. The van der Waals surface area contributed by atoms with Crippen LogP contribution in [-0.2, 0) is 0 Å². The van der Waals surface area contributed by atoms with Gasteiger partial charge in [0.05, 0.1) is 10.9 Å². The maximum absolute atomic E-state index is 13.0. The van der Waals surface area contributed by atoms with E-state index in [1.54, 1.807) is 12.1 Å². The summed E-state index contributed by atoms with van der Waals surface area (Å²) >= 11 is 3.15. The zero-order valence-corrected chi connectivity index (χ0v) is 8.28. The highest BCUT2D eigenvalue weighted by molar-refractivity contribution is 9.09. The Bertz CT molecular complexity index is 333. The van der Waals surface area contributed by atoms with E-state index in [1.807, 2.05) is 6.92 Å². The first-order valence-electron chi connectivity index (χ1n) is 3.55. The van der Waals surface area contributed by atoms with Crippen molar-refractivity contribution in [1.29, 1.82) is 0 Å². The fraction of sp³-hybridized carbons (Fsp3) is 0.200. The first-order chi connectivity index (χ1) is 5.74. The highest BCUT2D eigenvalue weighted by atomic mass is 79.9. The molecule has 0 heterocycles. The maximum atomic E-state index is 13.0. The Hall–Kier alpha value is -0.810. The molecule has 62 valence electrons. The molecule has 0 bridgehead atoms. The molecule has 0 unspecified atom stereocenters. The van der Waals surface area contributed by atoms with Gasteiger partial charge in [-0.15, -0.1) is 0 Å². The van der Waals surface area contributed by atoms with E-state index < -0.39 is 0 Å². The van der Waals surface area contributed by atoms with Crippen molar-refractivity contribution in [2.45, 2.75) is 6.92 Å². The summed E-state index contributed by atoms with van der Waals surface area (Å²) in [6.07, 6.45) is 0. The Labute approximate surface area is 79.9 Å². The van der Waals surface area contributed by atoms with Crippen molar-refractivity contribution in [3.05, 3.63) is 35.1 Å². The van der Waals surface area contributed by atoms with E-state index in [4.69, 9.17) is 0 Å². The lowest BCUT2D eigenvalue weighted by molar-refractivity contribution is 0.624. The molecule has 0 fully saturated rings. The Kier molecular flexibility index (Phi) is 3.31. The maximum Gasteiger partial charge on any atom is 0.138 e. The summed E-state index contributed by atoms with van der Waals surface area (Å²) in [7, 11) is 0. The van der Waals surface area contributed by atoms with E-state index in [2.05, 4.69) is 27.8 Å². The lowest BCUT2D eigenvalue weighted by atomic mass is 10.1. The monoisotopic (exact) mass is 226 g/mol. The second-order valence-electron chi connectivity index (χ2n) is 2.42. The Morgan fingerprint density at radius 2 is 2.25 bits per heavy atom. The molecule has 1 rings (SSSR count). The fourth-order valence-corrected chi connectivity index (χ4v) is 1.00. The van der Waals surface area contributed by atoms with Crippen molar-refractivity contribution in [3.8, 4) is 11.8 Å². The van der Waals surface area contributed by atoms with Crippen molar-refractivity contribution in [2.75, 3.05) is 5.33 Å². The van der Waals surface area contributed by atoms with Crippen LogP contribution in [0.15, 0.2) is 18.2 Å². The summed E-state index contributed by atoms with van der Waals surface area (Å²) in [6.45, 7) is 1.92. The number of halogens is 2. The summed E-state index contributed by atoms with van der Waals surface area (Å²) in [5.41, 5.74) is 1.49. The molecular weight excluding hydrogens is 219 g/mol. The topological polar surface area (TPSA) is 0 Å². The van der Waals surface area contributed by atoms with Gasteiger partial charge in [-0.2, -0.15) is 0 Å². The van der Waals surface area contributed by atoms with Crippen molar-refractivity contribution >= 4 is 15.9 Å². The van der Waals surface area contributed by atoms with Crippen LogP contribution in [0.5, 0.6) is 0 Å². The number of hydrogen-bond donors (Lipinski definition) is 0. The van der Waals surface area contributed by atoms with E-state index in [0.717, 1.165) is 5.56 Å². The van der Waals surface area contributed by atoms with Gasteiger partial charge in [-0.3, -0.25) is 0 Å². The van der Waals surface area contributed by atoms with Gasteiger partial charge in [0.1, 0.15) is 5.82 Å². The van der Waals surface area contributed by atoms with Crippen molar-refractivity contribution in [3.63, 3.8) is 0 Å². The second-order valence-corrected chi connectivity index (χ2v) is 2.98. The van der Waals surface area contributed by atoms with Crippen LogP contribution in [0.2, 0.25) is 0 Å². The Morgan fingerprint density at radius 1 is 1.50 bits per heavy atom. The van der Waals surface area contributed by atoms with Gasteiger partial charge in [0.25, 0.3) is 0 Å². The fourth-order valence-electron chi connectivity index (χ4n) is 0.864. The highest BCUT2D eigenvalue weighted by Gasteiger charge is 1.96. The molecule has 0 aromatic heterocycles. The molecule has 1 aromatic rings. The smallest absolute Gasteiger partial charge is 0.138 e. The van der Waals surface area contributed by atoms with Gasteiger partial charge in [0.15, 0.2) is 0 Å².